The minimum atomic E-state index is -0.579. The van der Waals surface area contributed by atoms with Gasteiger partial charge in [-0.05, 0) is 43.9 Å². The van der Waals surface area contributed by atoms with E-state index in [0.717, 1.165) is 38.8 Å². The van der Waals surface area contributed by atoms with E-state index >= 15 is 0 Å². The summed E-state index contributed by atoms with van der Waals surface area (Å²) in [7, 11) is 0. The number of piperidine rings is 1. The lowest BCUT2D eigenvalue weighted by atomic mass is 9.92. The molecule has 2 fully saturated rings. The number of nitrogens with one attached hydrogen (secondary N) is 1. The van der Waals surface area contributed by atoms with Gasteiger partial charge in [0.1, 0.15) is 5.54 Å². The van der Waals surface area contributed by atoms with Crippen LogP contribution in [0.5, 0.6) is 0 Å². The Morgan fingerprint density at radius 3 is 2.42 bits per heavy atom. The molecule has 4 heteroatoms. The summed E-state index contributed by atoms with van der Waals surface area (Å²) < 4.78 is 0. The molecular formula is C15H25N3O. The van der Waals surface area contributed by atoms with E-state index in [0.29, 0.717) is 18.4 Å². The lowest BCUT2D eigenvalue weighted by Gasteiger charge is -2.35. The fraction of sp³-hybridized carbons (Fsp3) is 0.867. The van der Waals surface area contributed by atoms with Crippen LogP contribution in [-0.4, -0.2) is 36.0 Å². The molecule has 0 unspecified atom stereocenters. The van der Waals surface area contributed by atoms with Gasteiger partial charge in [-0.25, -0.2) is 0 Å². The molecule has 1 heterocycles. The highest BCUT2D eigenvalue weighted by molar-refractivity contribution is 5.79. The molecule has 19 heavy (non-hydrogen) atoms. The fourth-order valence-corrected chi connectivity index (χ4v) is 3.67. The van der Waals surface area contributed by atoms with Gasteiger partial charge in [0.25, 0.3) is 0 Å². The molecule has 1 aliphatic carbocycles. The van der Waals surface area contributed by atoms with E-state index in [9.17, 15) is 10.1 Å². The van der Waals surface area contributed by atoms with Gasteiger partial charge in [-0.1, -0.05) is 13.8 Å². The number of amides is 1. The molecule has 2 rings (SSSR count). The first-order valence-electron chi connectivity index (χ1n) is 7.47. The van der Waals surface area contributed by atoms with Crippen molar-refractivity contribution in [3.63, 3.8) is 0 Å². The van der Waals surface area contributed by atoms with Crippen molar-refractivity contribution in [3.05, 3.63) is 0 Å². The lowest BCUT2D eigenvalue weighted by Crippen LogP contribution is -2.51. The Balaban J connectivity index is 1.85. The highest BCUT2D eigenvalue weighted by Crippen LogP contribution is 2.29. The number of carbonyl (C=O) groups is 1. The van der Waals surface area contributed by atoms with Gasteiger partial charge in [-0.15, -0.1) is 0 Å². The first-order chi connectivity index (χ1) is 9.03. The van der Waals surface area contributed by atoms with E-state index in [1.807, 2.05) is 0 Å². The van der Waals surface area contributed by atoms with Crippen molar-refractivity contribution in [3.8, 4) is 6.07 Å². The van der Waals surface area contributed by atoms with Crippen LogP contribution in [0.2, 0.25) is 0 Å². The Kier molecular flexibility index (Phi) is 4.46. The zero-order valence-electron chi connectivity index (χ0n) is 12.1. The average Bonchev–Trinajstić information content (AvgIpc) is 2.76. The van der Waals surface area contributed by atoms with Crippen LogP contribution in [0.1, 0.15) is 46.0 Å². The Morgan fingerprint density at radius 2 is 1.89 bits per heavy atom. The second-order valence-electron chi connectivity index (χ2n) is 6.59. The third-order valence-corrected chi connectivity index (χ3v) is 4.36. The summed E-state index contributed by atoms with van der Waals surface area (Å²) in [5.41, 5.74) is -0.579. The number of nitrogens with zero attached hydrogens (tertiary/aromatic N) is 2. The Bertz CT molecular complexity index is 358. The number of nitriles is 1. The molecule has 1 saturated heterocycles. The maximum atomic E-state index is 12.1. The van der Waals surface area contributed by atoms with Crippen molar-refractivity contribution in [2.24, 2.45) is 11.8 Å². The summed E-state index contributed by atoms with van der Waals surface area (Å²) in [6.45, 7) is 6.93. The third kappa shape index (κ3) is 3.70. The van der Waals surface area contributed by atoms with Crippen LogP contribution in [0.3, 0.4) is 0 Å². The predicted octanol–water partition coefficient (Wildman–Crippen LogP) is 1.92. The summed E-state index contributed by atoms with van der Waals surface area (Å²) in [5.74, 6) is 1.34. The van der Waals surface area contributed by atoms with E-state index in [1.54, 1.807) is 0 Å². The van der Waals surface area contributed by atoms with Gasteiger partial charge in [0.2, 0.25) is 5.91 Å². The highest BCUT2D eigenvalue weighted by Gasteiger charge is 2.35. The number of rotatable bonds is 3. The highest BCUT2D eigenvalue weighted by atomic mass is 16.2. The average molecular weight is 263 g/mol. The van der Waals surface area contributed by atoms with Crippen LogP contribution >= 0.6 is 0 Å². The number of carbonyl (C=O) groups excluding carboxylic acids is 1. The topological polar surface area (TPSA) is 56.1 Å². The predicted molar refractivity (Wildman–Crippen MR) is 74.3 cm³/mol. The van der Waals surface area contributed by atoms with Crippen molar-refractivity contribution in [2.75, 3.05) is 19.6 Å². The molecule has 0 aromatic rings. The van der Waals surface area contributed by atoms with Crippen LogP contribution in [0.25, 0.3) is 0 Å². The lowest BCUT2D eigenvalue weighted by molar-refractivity contribution is -0.124. The summed E-state index contributed by atoms with van der Waals surface area (Å²) in [4.78, 5) is 14.4. The minimum absolute atomic E-state index is 0.0183. The largest absolute Gasteiger partial charge is 0.337 e. The van der Waals surface area contributed by atoms with Crippen molar-refractivity contribution in [1.29, 1.82) is 5.26 Å². The van der Waals surface area contributed by atoms with E-state index in [2.05, 4.69) is 30.1 Å². The van der Waals surface area contributed by atoms with E-state index in [-0.39, 0.29) is 5.91 Å². The molecule has 0 radical (unpaired) electrons. The Labute approximate surface area is 116 Å². The van der Waals surface area contributed by atoms with Gasteiger partial charge < -0.3 is 5.32 Å². The SMILES string of the molecule is C[C@@H]1C[C@H](C)CN(CC(=O)NC2(C#N)CCCC2)C1. The molecule has 1 amide bonds. The van der Waals surface area contributed by atoms with Crippen molar-refractivity contribution < 1.29 is 4.79 Å². The van der Waals surface area contributed by atoms with E-state index in [4.69, 9.17) is 0 Å². The van der Waals surface area contributed by atoms with Crippen LogP contribution in [-0.2, 0) is 4.79 Å². The molecule has 1 N–H and O–H groups in total. The third-order valence-electron chi connectivity index (χ3n) is 4.36. The Hall–Kier alpha value is -1.08. The van der Waals surface area contributed by atoms with Crippen molar-refractivity contribution >= 4 is 5.91 Å². The minimum Gasteiger partial charge on any atom is -0.337 e. The molecule has 0 aromatic carbocycles. The van der Waals surface area contributed by atoms with Crippen molar-refractivity contribution in [2.45, 2.75) is 51.5 Å². The summed E-state index contributed by atoms with van der Waals surface area (Å²) in [5, 5.41) is 12.3. The van der Waals surface area contributed by atoms with Gasteiger partial charge in [-0.3, -0.25) is 9.69 Å². The molecule has 0 spiro atoms. The maximum absolute atomic E-state index is 12.1. The molecule has 0 bridgehead atoms. The summed E-state index contributed by atoms with van der Waals surface area (Å²) in [6, 6.07) is 2.31. The van der Waals surface area contributed by atoms with Crippen LogP contribution in [0, 0.1) is 23.2 Å². The second kappa shape index (κ2) is 5.92. The molecular weight excluding hydrogens is 238 g/mol. The monoisotopic (exact) mass is 263 g/mol. The number of hydrogen-bond donors (Lipinski definition) is 1. The molecule has 106 valence electrons. The number of hydrogen-bond acceptors (Lipinski definition) is 3. The van der Waals surface area contributed by atoms with Gasteiger partial charge in [0, 0.05) is 13.1 Å². The first kappa shape index (κ1) is 14.3. The van der Waals surface area contributed by atoms with Crippen molar-refractivity contribution in [1.82, 2.24) is 10.2 Å². The normalized spacial score (nSPS) is 30.8. The maximum Gasteiger partial charge on any atom is 0.235 e. The summed E-state index contributed by atoms with van der Waals surface area (Å²) >= 11 is 0. The zero-order chi connectivity index (χ0) is 13.9. The standard InChI is InChI=1S/C15H25N3O/c1-12-7-13(2)9-18(8-12)10-14(19)17-15(11-16)5-3-4-6-15/h12-13H,3-10H2,1-2H3,(H,17,19)/t12-,13+. The molecule has 2 atom stereocenters. The van der Waals surface area contributed by atoms with Crippen LogP contribution < -0.4 is 5.32 Å². The molecule has 0 aromatic heterocycles. The van der Waals surface area contributed by atoms with E-state index < -0.39 is 5.54 Å². The zero-order valence-corrected chi connectivity index (χ0v) is 12.1. The van der Waals surface area contributed by atoms with Gasteiger partial charge in [-0.2, -0.15) is 5.26 Å². The first-order valence-corrected chi connectivity index (χ1v) is 7.47. The van der Waals surface area contributed by atoms with Crippen LogP contribution in [0.15, 0.2) is 0 Å². The van der Waals surface area contributed by atoms with Gasteiger partial charge in [0.05, 0.1) is 12.6 Å². The van der Waals surface area contributed by atoms with Gasteiger partial charge in [0.15, 0.2) is 0 Å². The second-order valence-corrected chi connectivity index (χ2v) is 6.59. The molecule has 4 nitrogen and oxygen atoms in total. The quantitative estimate of drug-likeness (QED) is 0.846. The molecule has 2 aliphatic rings. The Morgan fingerprint density at radius 1 is 1.32 bits per heavy atom. The van der Waals surface area contributed by atoms with E-state index in [1.165, 1.54) is 6.42 Å². The van der Waals surface area contributed by atoms with Crippen LogP contribution in [0.4, 0.5) is 0 Å². The molecule has 1 aliphatic heterocycles. The fourth-order valence-electron chi connectivity index (χ4n) is 3.67. The number of likely N-dealkylation sites (tertiary alicyclic amines) is 1. The van der Waals surface area contributed by atoms with Gasteiger partial charge >= 0.3 is 0 Å². The summed E-state index contributed by atoms with van der Waals surface area (Å²) in [6.07, 6.45) is 4.96. The molecule has 1 saturated carbocycles. The smallest absolute Gasteiger partial charge is 0.235 e.